The van der Waals surface area contributed by atoms with E-state index in [1.54, 1.807) is 12.1 Å². The van der Waals surface area contributed by atoms with Crippen LogP contribution < -0.4 is 10.6 Å². The summed E-state index contributed by atoms with van der Waals surface area (Å²) in [5.41, 5.74) is 6.75. The van der Waals surface area contributed by atoms with Gasteiger partial charge in [0.05, 0.1) is 22.6 Å². The molecule has 3 heterocycles. The second-order valence-corrected chi connectivity index (χ2v) is 6.71. The number of piperidine rings is 1. The van der Waals surface area contributed by atoms with Crippen molar-refractivity contribution in [2.45, 2.75) is 25.4 Å². The van der Waals surface area contributed by atoms with E-state index < -0.39 is 11.7 Å². The number of aromatic amines is 1. The fourth-order valence-corrected chi connectivity index (χ4v) is 3.37. The number of hydrogen-bond donors (Lipinski definition) is 2. The molecule has 0 amide bonds. The highest BCUT2D eigenvalue weighted by molar-refractivity contribution is 5.79. The number of imidazole rings is 1. The lowest BCUT2D eigenvalue weighted by atomic mass is 10.1. The van der Waals surface area contributed by atoms with E-state index in [2.05, 4.69) is 24.8 Å². The van der Waals surface area contributed by atoms with E-state index >= 15 is 0 Å². The van der Waals surface area contributed by atoms with E-state index in [0.29, 0.717) is 28.6 Å². The summed E-state index contributed by atoms with van der Waals surface area (Å²) in [6.45, 7) is 1.70. The highest BCUT2D eigenvalue weighted by atomic mass is 19.4. The number of benzene rings is 1. The molecule has 3 aromatic rings. The molecule has 9 heteroatoms. The average Bonchev–Trinajstić information content (AvgIpc) is 3.14. The van der Waals surface area contributed by atoms with Gasteiger partial charge in [-0.25, -0.2) is 15.0 Å². The van der Waals surface area contributed by atoms with Crippen LogP contribution in [0, 0.1) is 0 Å². The number of aromatic nitrogens is 4. The summed E-state index contributed by atoms with van der Waals surface area (Å²) in [4.78, 5) is 18.1. The molecule has 4 rings (SSSR count). The summed E-state index contributed by atoms with van der Waals surface area (Å²) in [5.74, 6) is 0.709. The summed E-state index contributed by atoms with van der Waals surface area (Å²) in [5, 5.41) is 0. The second-order valence-electron chi connectivity index (χ2n) is 6.71. The molecule has 0 bridgehead atoms. The van der Waals surface area contributed by atoms with Crippen LogP contribution in [0.1, 0.15) is 24.8 Å². The van der Waals surface area contributed by atoms with Crippen molar-refractivity contribution in [3.63, 3.8) is 0 Å². The molecular formula is C19H19F3N6. The standard InChI is InChI=1S/C19H19F3N6/c20-19(21,22)13-6-4-5-12(11-13)15-16(14-7-8-24-17(23)25-14)27-18(26-15)28-9-2-1-3-10-28/h4-8,11H,1-3,9-10H2,(H,26,27)(H2,23,24,25). The zero-order valence-electron chi connectivity index (χ0n) is 15.0. The minimum atomic E-state index is -4.43. The first kappa shape index (κ1) is 18.3. The van der Waals surface area contributed by atoms with Crippen molar-refractivity contribution in [3.8, 4) is 22.6 Å². The Kier molecular flexibility index (Phi) is 4.66. The molecule has 28 heavy (non-hydrogen) atoms. The maximum atomic E-state index is 13.2. The third-order valence-electron chi connectivity index (χ3n) is 4.74. The van der Waals surface area contributed by atoms with Gasteiger partial charge in [0, 0.05) is 24.8 Å². The zero-order valence-corrected chi connectivity index (χ0v) is 15.0. The monoisotopic (exact) mass is 388 g/mol. The van der Waals surface area contributed by atoms with Gasteiger partial charge >= 0.3 is 6.18 Å². The second kappa shape index (κ2) is 7.14. The van der Waals surface area contributed by atoms with Crippen LogP contribution in [0.3, 0.4) is 0 Å². The Morgan fingerprint density at radius 3 is 2.54 bits per heavy atom. The molecule has 0 atom stereocenters. The summed E-state index contributed by atoms with van der Waals surface area (Å²) >= 11 is 0. The number of anilines is 2. The van der Waals surface area contributed by atoms with E-state index in [4.69, 9.17) is 5.73 Å². The van der Waals surface area contributed by atoms with Crippen molar-refractivity contribution in [3.05, 3.63) is 42.1 Å². The van der Waals surface area contributed by atoms with E-state index in [9.17, 15) is 13.2 Å². The van der Waals surface area contributed by atoms with Gasteiger partial charge in [0.15, 0.2) is 0 Å². The number of nitrogens with two attached hydrogens (primary N) is 1. The van der Waals surface area contributed by atoms with Crippen LogP contribution in [0.2, 0.25) is 0 Å². The average molecular weight is 388 g/mol. The smallest absolute Gasteiger partial charge is 0.368 e. The van der Waals surface area contributed by atoms with E-state index in [-0.39, 0.29) is 5.95 Å². The highest BCUT2D eigenvalue weighted by Gasteiger charge is 2.31. The fourth-order valence-electron chi connectivity index (χ4n) is 3.37. The molecule has 1 saturated heterocycles. The third kappa shape index (κ3) is 3.64. The Labute approximate surface area is 159 Å². The van der Waals surface area contributed by atoms with Gasteiger partial charge in [-0.3, -0.25) is 0 Å². The minimum Gasteiger partial charge on any atom is -0.368 e. The maximum Gasteiger partial charge on any atom is 0.416 e. The van der Waals surface area contributed by atoms with Crippen molar-refractivity contribution >= 4 is 11.9 Å². The lowest BCUT2D eigenvalue weighted by molar-refractivity contribution is -0.137. The van der Waals surface area contributed by atoms with Gasteiger partial charge in [-0.1, -0.05) is 12.1 Å². The topological polar surface area (TPSA) is 83.7 Å². The van der Waals surface area contributed by atoms with E-state index in [1.165, 1.54) is 12.3 Å². The van der Waals surface area contributed by atoms with E-state index in [0.717, 1.165) is 44.5 Å². The van der Waals surface area contributed by atoms with Crippen LogP contribution in [0.25, 0.3) is 22.6 Å². The quantitative estimate of drug-likeness (QED) is 0.705. The molecule has 0 saturated carbocycles. The van der Waals surface area contributed by atoms with Crippen molar-refractivity contribution in [2.75, 3.05) is 23.7 Å². The Morgan fingerprint density at radius 1 is 1.04 bits per heavy atom. The number of H-pyrrole nitrogens is 1. The molecule has 1 fully saturated rings. The Bertz CT molecular complexity index is 976. The zero-order chi connectivity index (χ0) is 19.7. The predicted molar refractivity (Wildman–Crippen MR) is 101 cm³/mol. The molecule has 1 aromatic carbocycles. The van der Waals surface area contributed by atoms with Gasteiger partial charge in [0.25, 0.3) is 0 Å². The Balaban J connectivity index is 1.84. The lowest BCUT2D eigenvalue weighted by Gasteiger charge is -2.25. The van der Waals surface area contributed by atoms with Gasteiger partial charge in [-0.15, -0.1) is 0 Å². The van der Waals surface area contributed by atoms with Crippen LogP contribution >= 0.6 is 0 Å². The van der Waals surface area contributed by atoms with Crippen LogP contribution in [-0.2, 0) is 6.18 Å². The number of alkyl halides is 3. The maximum absolute atomic E-state index is 13.2. The van der Waals surface area contributed by atoms with Crippen molar-refractivity contribution in [1.82, 2.24) is 19.9 Å². The number of halogens is 3. The summed E-state index contributed by atoms with van der Waals surface area (Å²) < 4.78 is 39.5. The Morgan fingerprint density at radius 2 is 1.82 bits per heavy atom. The Hall–Kier alpha value is -3.10. The van der Waals surface area contributed by atoms with Crippen molar-refractivity contribution < 1.29 is 13.2 Å². The first-order valence-corrected chi connectivity index (χ1v) is 9.03. The molecule has 146 valence electrons. The molecule has 1 aliphatic heterocycles. The summed E-state index contributed by atoms with van der Waals surface area (Å²) in [6, 6.07) is 6.79. The molecule has 0 unspecified atom stereocenters. The molecule has 3 N–H and O–H groups in total. The van der Waals surface area contributed by atoms with Crippen molar-refractivity contribution in [1.29, 1.82) is 0 Å². The summed E-state index contributed by atoms with van der Waals surface area (Å²) in [7, 11) is 0. The molecule has 2 aromatic heterocycles. The number of nitrogens with one attached hydrogen (secondary N) is 1. The largest absolute Gasteiger partial charge is 0.416 e. The fraction of sp³-hybridized carbons (Fsp3) is 0.316. The SMILES string of the molecule is Nc1nccc(-c2[nH]c(N3CCCCC3)nc2-c2cccc(C(F)(F)F)c2)n1. The van der Waals surface area contributed by atoms with Gasteiger partial charge < -0.3 is 15.6 Å². The molecule has 1 aliphatic rings. The van der Waals surface area contributed by atoms with Gasteiger partial charge in [-0.2, -0.15) is 13.2 Å². The molecule has 0 spiro atoms. The van der Waals surface area contributed by atoms with E-state index in [1.807, 2.05) is 0 Å². The first-order valence-electron chi connectivity index (χ1n) is 9.03. The molecular weight excluding hydrogens is 369 g/mol. The number of rotatable bonds is 3. The van der Waals surface area contributed by atoms with Crippen LogP contribution in [0.15, 0.2) is 36.5 Å². The molecule has 0 radical (unpaired) electrons. The van der Waals surface area contributed by atoms with Crippen LogP contribution in [-0.4, -0.2) is 33.0 Å². The third-order valence-corrected chi connectivity index (χ3v) is 4.74. The lowest BCUT2D eigenvalue weighted by Crippen LogP contribution is -2.30. The normalized spacial score (nSPS) is 15.0. The number of hydrogen-bond acceptors (Lipinski definition) is 5. The first-order chi connectivity index (χ1) is 13.4. The molecule has 6 nitrogen and oxygen atoms in total. The van der Waals surface area contributed by atoms with Crippen molar-refractivity contribution in [2.24, 2.45) is 0 Å². The van der Waals surface area contributed by atoms with Crippen LogP contribution in [0.5, 0.6) is 0 Å². The highest BCUT2D eigenvalue weighted by Crippen LogP contribution is 2.36. The predicted octanol–water partition coefficient (Wildman–Crippen LogP) is 4.13. The number of nitrogen functional groups attached to an aromatic ring is 1. The van der Waals surface area contributed by atoms with Gasteiger partial charge in [-0.05, 0) is 37.5 Å². The van der Waals surface area contributed by atoms with Gasteiger partial charge in [0.1, 0.15) is 0 Å². The summed E-state index contributed by atoms with van der Waals surface area (Å²) in [6.07, 6.45) is 0.342. The number of nitrogens with zero attached hydrogens (tertiary/aromatic N) is 4. The minimum absolute atomic E-state index is 0.0848. The van der Waals surface area contributed by atoms with Gasteiger partial charge in [0.2, 0.25) is 11.9 Å². The van der Waals surface area contributed by atoms with Crippen LogP contribution in [0.4, 0.5) is 25.1 Å². The molecule has 0 aliphatic carbocycles.